The van der Waals surface area contributed by atoms with Gasteiger partial charge in [-0.3, -0.25) is 9.52 Å². The van der Waals surface area contributed by atoms with E-state index in [0.717, 1.165) is 5.56 Å². The van der Waals surface area contributed by atoms with E-state index in [1.54, 1.807) is 41.3 Å². The molecule has 0 atom stereocenters. The molecule has 1 N–H and O–H groups in total. The predicted molar refractivity (Wildman–Crippen MR) is 110 cm³/mol. The van der Waals surface area contributed by atoms with Crippen LogP contribution >= 0.6 is 11.6 Å². The number of hydrogen-bond donors (Lipinski definition) is 1. The van der Waals surface area contributed by atoms with Gasteiger partial charge in [0.15, 0.2) is 0 Å². The minimum Gasteiger partial charge on any atom is -0.449 e. The zero-order valence-corrected chi connectivity index (χ0v) is 17.2. The molecular weight excluding hydrogens is 416 g/mol. The largest absolute Gasteiger partial charge is 0.449 e. The van der Waals surface area contributed by atoms with Crippen LogP contribution in [0.1, 0.15) is 16.1 Å². The molecule has 1 fully saturated rings. The van der Waals surface area contributed by atoms with Crippen molar-refractivity contribution in [2.75, 3.05) is 31.0 Å². The summed E-state index contributed by atoms with van der Waals surface area (Å²) in [6.07, 6.45) is 0. The van der Waals surface area contributed by atoms with Crippen LogP contribution in [0.5, 0.6) is 0 Å². The highest BCUT2D eigenvalue weighted by atomic mass is 35.5. The molecular formula is C20H19ClN2O5S. The van der Waals surface area contributed by atoms with E-state index in [1.165, 1.54) is 6.07 Å². The number of nitrogens with one attached hydrogen (secondary N) is 1. The van der Waals surface area contributed by atoms with E-state index in [0.29, 0.717) is 37.3 Å². The summed E-state index contributed by atoms with van der Waals surface area (Å²) in [5, 5.41) is 0.599. The van der Waals surface area contributed by atoms with Gasteiger partial charge in [-0.05, 0) is 36.8 Å². The second-order valence-corrected chi connectivity index (χ2v) is 8.80. The van der Waals surface area contributed by atoms with E-state index in [2.05, 4.69) is 4.72 Å². The minimum absolute atomic E-state index is 0.0556. The molecule has 0 aliphatic carbocycles. The van der Waals surface area contributed by atoms with Crippen LogP contribution in [0.25, 0.3) is 11.0 Å². The number of halogens is 1. The molecule has 7 nitrogen and oxygen atoms in total. The first-order chi connectivity index (χ1) is 13.9. The average molecular weight is 435 g/mol. The third kappa shape index (κ3) is 3.83. The number of carbonyl (C=O) groups excluding carboxylic acids is 1. The van der Waals surface area contributed by atoms with Gasteiger partial charge in [0.1, 0.15) is 16.2 Å². The Bertz CT molecular complexity index is 1180. The summed E-state index contributed by atoms with van der Waals surface area (Å²) in [7, 11) is -4.05. The molecule has 2 heterocycles. The molecule has 0 saturated carbocycles. The number of benzene rings is 2. The highest BCUT2D eigenvalue weighted by molar-refractivity contribution is 7.92. The van der Waals surface area contributed by atoms with Gasteiger partial charge in [0.05, 0.1) is 18.2 Å². The number of amides is 1. The number of carbonyl (C=O) groups is 1. The smallest absolute Gasteiger partial charge is 0.291 e. The molecule has 0 bridgehead atoms. The molecule has 0 radical (unpaired) electrons. The maximum Gasteiger partial charge on any atom is 0.291 e. The lowest BCUT2D eigenvalue weighted by Gasteiger charge is -2.26. The average Bonchev–Trinajstić information content (AvgIpc) is 3.05. The number of sulfonamides is 1. The number of fused-ring (bicyclic) bond motifs is 1. The molecule has 1 saturated heterocycles. The molecule has 1 amide bonds. The quantitative estimate of drug-likeness (QED) is 0.676. The van der Waals surface area contributed by atoms with Crippen LogP contribution in [0, 0.1) is 6.92 Å². The van der Waals surface area contributed by atoms with Crippen molar-refractivity contribution in [2.45, 2.75) is 11.8 Å². The second-order valence-electron chi connectivity index (χ2n) is 6.75. The van der Waals surface area contributed by atoms with Crippen molar-refractivity contribution in [2.24, 2.45) is 0 Å². The van der Waals surface area contributed by atoms with Crippen molar-refractivity contribution >= 4 is 44.2 Å². The van der Waals surface area contributed by atoms with Crippen LogP contribution < -0.4 is 4.72 Å². The number of hydrogen-bond acceptors (Lipinski definition) is 5. The van der Waals surface area contributed by atoms with Crippen molar-refractivity contribution in [3.8, 4) is 0 Å². The third-order valence-corrected chi connectivity index (χ3v) is 6.53. The Kier molecular flexibility index (Phi) is 5.24. The van der Waals surface area contributed by atoms with Gasteiger partial charge in [-0.1, -0.05) is 29.8 Å². The van der Waals surface area contributed by atoms with Crippen molar-refractivity contribution < 1.29 is 22.4 Å². The van der Waals surface area contributed by atoms with Crippen LogP contribution in [0.3, 0.4) is 0 Å². The Morgan fingerprint density at radius 3 is 2.59 bits per heavy atom. The number of anilines is 1. The summed E-state index contributed by atoms with van der Waals surface area (Å²) < 4.78 is 39.6. The van der Waals surface area contributed by atoms with E-state index < -0.39 is 15.9 Å². The third-order valence-electron chi connectivity index (χ3n) is 4.70. The molecule has 0 unspecified atom stereocenters. The molecule has 29 heavy (non-hydrogen) atoms. The fourth-order valence-corrected chi connectivity index (χ4v) is 4.90. The summed E-state index contributed by atoms with van der Waals surface area (Å²) in [5.41, 5.74) is 1.36. The Balaban J connectivity index is 1.79. The lowest BCUT2D eigenvalue weighted by atomic mass is 10.2. The SMILES string of the molecule is Cc1ccc(S(=O)(=O)Nc2c(C(=O)N3CCOCC3)oc3ccccc23)c(Cl)c1. The molecule has 9 heteroatoms. The highest BCUT2D eigenvalue weighted by Gasteiger charge is 2.29. The van der Waals surface area contributed by atoms with Crippen molar-refractivity contribution in [3.63, 3.8) is 0 Å². The van der Waals surface area contributed by atoms with Gasteiger partial charge in [0.2, 0.25) is 5.76 Å². The molecule has 1 aliphatic heterocycles. The van der Waals surface area contributed by atoms with Gasteiger partial charge in [0.25, 0.3) is 15.9 Å². The number of para-hydroxylation sites is 1. The number of nitrogens with zero attached hydrogens (tertiary/aromatic N) is 1. The van der Waals surface area contributed by atoms with E-state index in [9.17, 15) is 13.2 Å². The summed E-state index contributed by atoms with van der Waals surface area (Å²) in [6, 6.07) is 11.6. The number of furan rings is 1. The second kappa shape index (κ2) is 7.70. The molecule has 152 valence electrons. The fourth-order valence-electron chi connectivity index (χ4n) is 3.22. The van der Waals surface area contributed by atoms with E-state index in [-0.39, 0.29) is 21.4 Å². The van der Waals surface area contributed by atoms with Gasteiger partial charge in [-0.25, -0.2) is 8.42 Å². The summed E-state index contributed by atoms with van der Waals surface area (Å²) in [5.74, 6) is -0.447. The molecule has 4 rings (SSSR count). The zero-order valence-electron chi connectivity index (χ0n) is 15.6. The number of aryl methyl sites for hydroxylation is 1. The van der Waals surface area contributed by atoms with Crippen molar-refractivity contribution in [1.29, 1.82) is 0 Å². The number of morpholine rings is 1. The predicted octanol–water partition coefficient (Wildman–Crippen LogP) is 3.67. The lowest BCUT2D eigenvalue weighted by Crippen LogP contribution is -2.40. The van der Waals surface area contributed by atoms with Gasteiger partial charge in [-0.2, -0.15) is 0 Å². The van der Waals surface area contributed by atoms with Crippen LogP contribution in [-0.2, 0) is 14.8 Å². The first-order valence-corrected chi connectivity index (χ1v) is 10.9. The Morgan fingerprint density at radius 1 is 1.14 bits per heavy atom. The zero-order chi connectivity index (χ0) is 20.6. The Morgan fingerprint density at radius 2 is 1.86 bits per heavy atom. The van der Waals surface area contributed by atoms with Crippen LogP contribution in [0.15, 0.2) is 51.8 Å². The number of rotatable bonds is 4. The summed E-state index contributed by atoms with van der Waals surface area (Å²) >= 11 is 6.16. The van der Waals surface area contributed by atoms with E-state index in [4.69, 9.17) is 20.8 Å². The van der Waals surface area contributed by atoms with Crippen molar-refractivity contribution in [3.05, 3.63) is 58.8 Å². The minimum atomic E-state index is -4.05. The topological polar surface area (TPSA) is 88.9 Å². The standard InChI is InChI=1S/C20H19ClN2O5S/c1-13-6-7-17(15(21)12-13)29(25,26)22-18-14-4-2-3-5-16(14)28-19(18)20(24)23-8-10-27-11-9-23/h2-7,12,22H,8-11H2,1H3. The first-order valence-electron chi connectivity index (χ1n) is 9.04. The summed E-state index contributed by atoms with van der Waals surface area (Å²) in [4.78, 5) is 14.6. The van der Waals surface area contributed by atoms with Gasteiger partial charge in [0, 0.05) is 18.5 Å². The van der Waals surface area contributed by atoms with Crippen molar-refractivity contribution in [1.82, 2.24) is 4.90 Å². The van der Waals surface area contributed by atoms with E-state index >= 15 is 0 Å². The Labute approximate surface area is 173 Å². The van der Waals surface area contributed by atoms with Gasteiger partial charge < -0.3 is 14.1 Å². The maximum absolute atomic E-state index is 13.0. The normalized spacial score (nSPS) is 14.9. The summed E-state index contributed by atoms with van der Waals surface area (Å²) in [6.45, 7) is 3.48. The maximum atomic E-state index is 13.0. The van der Waals surface area contributed by atoms with Crippen LogP contribution in [0.4, 0.5) is 5.69 Å². The Hall–Kier alpha value is -2.55. The fraction of sp³-hybridized carbons (Fsp3) is 0.250. The molecule has 2 aromatic carbocycles. The number of ether oxygens (including phenoxy) is 1. The first kappa shape index (κ1) is 19.8. The van der Waals surface area contributed by atoms with Gasteiger partial charge in [-0.15, -0.1) is 0 Å². The highest BCUT2D eigenvalue weighted by Crippen LogP contribution is 2.34. The van der Waals surface area contributed by atoms with E-state index in [1.807, 2.05) is 6.92 Å². The monoisotopic (exact) mass is 434 g/mol. The van der Waals surface area contributed by atoms with Gasteiger partial charge >= 0.3 is 0 Å². The molecule has 1 aromatic heterocycles. The molecule has 0 spiro atoms. The molecule has 3 aromatic rings. The van der Waals surface area contributed by atoms with Crippen LogP contribution in [-0.4, -0.2) is 45.5 Å². The van der Waals surface area contributed by atoms with Crippen LogP contribution in [0.2, 0.25) is 5.02 Å². The molecule has 1 aliphatic rings. The lowest BCUT2D eigenvalue weighted by molar-refractivity contribution is 0.0285.